The molecule has 94 valence electrons. The molecule has 0 saturated carbocycles. The fourth-order valence-electron chi connectivity index (χ4n) is 1.42. The lowest BCUT2D eigenvalue weighted by Gasteiger charge is -2.06. The Morgan fingerprint density at radius 2 is 2.11 bits per heavy atom. The lowest BCUT2D eigenvalue weighted by atomic mass is 10.2. The standard InChI is InChI=1S/C11H9IN2O4/c1-18-7-3-2-5(4-6(7)15)9-13-10(16)8(12)11(17)14-9/h2-4,15H,1H3,(H2,13,14,16,17). The number of aromatic nitrogens is 2. The van der Waals surface area contributed by atoms with E-state index in [1.807, 2.05) is 0 Å². The summed E-state index contributed by atoms with van der Waals surface area (Å²) in [6, 6.07) is 4.55. The minimum absolute atomic E-state index is 0.0734. The Balaban J connectivity index is 2.56. The van der Waals surface area contributed by atoms with E-state index in [4.69, 9.17) is 4.74 Å². The third kappa shape index (κ3) is 2.26. The maximum atomic E-state index is 11.5. The molecule has 0 bridgehead atoms. The number of methoxy groups -OCH3 is 1. The van der Waals surface area contributed by atoms with Crippen molar-refractivity contribution >= 4 is 22.6 Å². The first kappa shape index (κ1) is 12.7. The number of ether oxygens (including phenoxy) is 1. The van der Waals surface area contributed by atoms with E-state index in [9.17, 15) is 15.0 Å². The summed E-state index contributed by atoms with van der Waals surface area (Å²) in [5, 5.41) is 19.1. The largest absolute Gasteiger partial charge is 0.504 e. The number of rotatable bonds is 2. The van der Waals surface area contributed by atoms with Gasteiger partial charge in [-0.3, -0.25) is 4.79 Å². The predicted molar refractivity (Wildman–Crippen MR) is 72.9 cm³/mol. The summed E-state index contributed by atoms with van der Waals surface area (Å²) >= 11 is 1.70. The number of nitrogens with zero attached hydrogens (tertiary/aromatic N) is 1. The molecule has 18 heavy (non-hydrogen) atoms. The quantitative estimate of drug-likeness (QED) is 0.705. The van der Waals surface area contributed by atoms with E-state index in [0.717, 1.165) is 0 Å². The third-order valence-corrected chi connectivity index (χ3v) is 3.27. The average Bonchev–Trinajstić information content (AvgIpc) is 2.35. The van der Waals surface area contributed by atoms with Gasteiger partial charge in [-0.15, -0.1) is 0 Å². The van der Waals surface area contributed by atoms with E-state index in [1.54, 1.807) is 34.7 Å². The molecule has 0 fully saturated rings. The van der Waals surface area contributed by atoms with Crippen LogP contribution in [0, 0.1) is 3.57 Å². The third-order valence-electron chi connectivity index (χ3n) is 2.30. The highest BCUT2D eigenvalue weighted by Gasteiger charge is 2.11. The van der Waals surface area contributed by atoms with Crippen molar-refractivity contribution in [1.82, 2.24) is 9.97 Å². The van der Waals surface area contributed by atoms with Crippen LogP contribution in [0.5, 0.6) is 17.4 Å². The number of nitrogens with one attached hydrogen (secondary N) is 1. The van der Waals surface area contributed by atoms with Gasteiger partial charge in [0.2, 0.25) is 5.88 Å². The minimum atomic E-state index is -0.437. The van der Waals surface area contributed by atoms with Gasteiger partial charge in [0, 0.05) is 5.56 Å². The van der Waals surface area contributed by atoms with Crippen molar-refractivity contribution < 1.29 is 14.9 Å². The highest BCUT2D eigenvalue weighted by Crippen LogP contribution is 2.30. The van der Waals surface area contributed by atoms with Gasteiger partial charge in [0.05, 0.1) is 7.11 Å². The molecule has 3 N–H and O–H groups in total. The van der Waals surface area contributed by atoms with Crippen molar-refractivity contribution in [2.75, 3.05) is 7.11 Å². The molecule has 2 rings (SSSR count). The zero-order valence-electron chi connectivity index (χ0n) is 9.27. The Kier molecular flexibility index (Phi) is 3.41. The second kappa shape index (κ2) is 4.84. The molecular weight excluding hydrogens is 351 g/mol. The van der Waals surface area contributed by atoms with Gasteiger partial charge < -0.3 is 19.9 Å². The molecule has 0 aliphatic heterocycles. The van der Waals surface area contributed by atoms with Crippen LogP contribution in [0.2, 0.25) is 0 Å². The number of phenols is 1. The van der Waals surface area contributed by atoms with E-state index in [2.05, 4.69) is 9.97 Å². The Bertz CT molecular complexity index is 654. The van der Waals surface area contributed by atoms with Gasteiger partial charge in [0.1, 0.15) is 9.39 Å². The van der Waals surface area contributed by atoms with Crippen LogP contribution in [-0.4, -0.2) is 27.3 Å². The average molecular weight is 360 g/mol. The first-order valence-corrected chi connectivity index (χ1v) is 5.97. The van der Waals surface area contributed by atoms with Crippen LogP contribution < -0.4 is 10.3 Å². The molecule has 1 aromatic carbocycles. The summed E-state index contributed by atoms with van der Waals surface area (Å²) in [6.07, 6.45) is 0. The number of hydrogen-bond donors (Lipinski definition) is 3. The Labute approximate surface area is 115 Å². The summed E-state index contributed by atoms with van der Waals surface area (Å²) in [4.78, 5) is 17.8. The number of benzene rings is 1. The van der Waals surface area contributed by atoms with Crippen LogP contribution in [0.4, 0.5) is 0 Å². The van der Waals surface area contributed by atoms with Crippen molar-refractivity contribution in [2.24, 2.45) is 0 Å². The van der Waals surface area contributed by atoms with Crippen LogP contribution >= 0.6 is 22.6 Å². The topological polar surface area (TPSA) is 95.4 Å². The lowest BCUT2D eigenvalue weighted by molar-refractivity contribution is 0.373. The number of halogens is 1. The molecule has 0 atom stereocenters. The van der Waals surface area contributed by atoms with Gasteiger partial charge in [0.15, 0.2) is 11.5 Å². The molecule has 1 heterocycles. The highest BCUT2D eigenvalue weighted by molar-refractivity contribution is 14.1. The van der Waals surface area contributed by atoms with Gasteiger partial charge >= 0.3 is 0 Å². The van der Waals surface area contributed by atoms with E-state index in [-0.39, 0.29) is 21.0 Å². The fraction of sp³-hybridized carbons (Fsp3) is 0.0909. The van der Waals surface area contributed by atoms with Crippen molar-refractivity contribution in [3.8, 4) is 28.8 Å². The zero-order valence-corrected chi connectivity index (χ0v) is 11.4. The van der Waals surface area contributed by atoms with E-state index >= 15 is 0 Å². The van der Waals surface area contributed by atoms with Crippen molar-refractivity contribution in [3.05, 3.63) is 32.1 Å². The number of aromatic hydroxyl groups is 2. The van der Waals surface area contributed by atoms with Gasteiger partial charge in [-0.1, -0.05) is 0 Å². The normalized spacial score (nSPS) is 10.3. The second-order valence-corrected chi connectivity index (χ2v) is 4.52. The molecule has 7 heteroatoms. The van der Waals surface area contributed by atoms with Crippen LogP contribution in [0.3, 0.4) is 0 Å². The Morgan fingerprint density at radius 3 is 2.67 bits per heavy atom. The molecule has 2 aromatic rings. The van der Waals surface area contributed by atoms with E-state index in [0.29, 0.717) is 11.3 Å². The predicted octanol–water partition coefficient (Wildman–Crippen LogP) is 1.46. The molecule has 1 aromatic heterocycles. The number of hydrogen-bond acceptors (Lipinski definition) is 5. The smallest absolute Gasteiger partial charge is 0.268 e. The first-order valence-electron chi connectivity index (χ1n) is 4.89. The monoisotopic (exact) mass is 360 g/mol. The van der Waals surface area contributed by atoms with E-state index in [1.165, 1.54) is 13.2 Å². The van der Waals surface area contributed by atoms with Gasteiger partial charge in [0.25, 0.3) is 5.56 Å². The minimum Gasteiger partial charge on any atom is -0.504 e. The lowest BCUT2D eigenvalue weighted by Crippen LogP contribution is -2.12. The molecule has 0 radical (unpaired) electrons. The van der Waals surface area contributed by atoms with Crippen molar-refractivity contribution in [1.29, 1.82) is 0 Å². The summed E-state index contributed by atoms with van der Waals surface area (Å²) in [5.74, 6) is 0.0760. The molecule has 0 amide bonds. The van der Waals surface area contributed by atoms with Crippen molar-refractivity contribution in [2.45, 2.75) is 0 Å². The SMILES string of the molecule is COc1ccc(-c2nc(O)c(I)c(=O)[nH]2)cc1O. The molecule has 0 aliphatic carbocycles. The highest BCUT2D eigenvalue weighted by atomic mass is 127. The van der Waals surface area contributed by atoms with Crippen LogP contribution in [0.25, 0.3) is 11.4 Å². The molecule has 6 nitrogen and oxygen atoms in total. The van der Waals surface area contributed by atoms with Crippen LogP contribution in [-0.2, 0) is 0 Å². The molecule has 0 spiro atoms. The summed E-state index contributed by atoms with van der Waals surface area (Å²) in [6.45, 7) is 0. The Morgan fingerprint density at radius 1 is 1.39 bits per heavy atom. The fourth-order valence-corrected chi connectivity index (χ4v) is 1.68. The zero-order chi connectivity index (χ0) is 13.3. The molecule has 0 unspecified atom stereocenters. The number of phenolic OH excluding ortho intramolecular Hbond substituents is 1. The molecular formula is C11H9IN2O4. The summed E-state index contributed by atoms with van der Waals surface area (Å²) < 4.78 is 5.03. The van der Waals surface area contributed by atoms with Crippen LogP contribution in [0.1, 0.15) is 0 Å². The second-order valence-electron chi connectivity index (χ2n) is 3.44. The number of aromatic amines is 1. The van der Waals surface area contributed by atoms with Gasteiger partial charge in [-0.2, -0.15) is 4.98 Å². The summed E-state index contributed by atoms with van der Waals surface area (Å²) in [5.41, 5.74) is 0.0329. The van der Waals surface area contributed by atoms with Gasteiger partial charge in [-0.25, -0.2) is 0 Å². The maximum Gasteiger partial charge on any atom is 0.268 e. The maximum absolute atomic E-state index is 11.5. The molecule has 0 aliphatic rings. The Hall–Kier alpha value is -1.77. The number of H-pyrrole nitrogens is 1. The summed E-state index contributed by atoms with van der Waals surface area (Å²) in [7, 11) is 1.44. The van der Waals surface area contributed by atoms with Gasteiger partial charge in [-0.05, 0) is 40.8 Å². The van der Waals surface area contributed by atoms with E-state index < -0.39 is 5.56 Å². The first-order chi connectivity index (χ1) is 8.52. The van der Waals surface area contributed by atoms with Crippen molar-refractivity contribution in [3.63, 3.8) is 0 Å². The molecule has 0 saturated heterocycles. The van der Waals surface area contributed by atoms with Crippen LogP contribution in [0.15, 0.2) is 23.0 Å².